The second-order valence-electron chi connectivity index (χ2n) is 4.60. The maximum Gasteiger partial charge on any atom is 0.244 e. The zero-order valence-electron chi connectivity index (χ0n) is 10.3. The van der Waals surface area contributed by atoms with Gasteiger partial charge in [-0.2, -0.15) is 0 Å². The second kappa shape index (κ2) is 5.16. The van der Waals surface area contributed by atoms with Crippen LogP contribution >= 0.6 is 11.6 Å². The van der Waals surface area contributed by atoms with E-state index in [0.29, 0.717) is 23.1 Å². The third-order valence-electron chi connectivity index (χ3n) is 2.89. The van der Waals surface area contributed by atoms with E-state index in [1.54, 1.807) is 18.2 Å². The fourth-order valence-corrected chi connectivity index (χ4v) is 1.72. The van der Waals surface area contributed by atoms with Gasteiger partial charge < -0.3 is 15.8 Å². The molecule has 0 aromatic heterocycles. The zero-order chi connectivity index (χ0) is 13.2. The maximum atomic E-state index is 11.9. The van der Waals surface area contributed by atoms with Crippen LogP contribution in [0.3, 0.4) is 0 Å². The molecule has 3 N–H and O–H groups in total. The lowest BCUT2D eigenvalue weighted by Gasteiger charge is -2.14. The number of benzene rings is 1. The Bertz CT molecular complexity index is 458. The van der Waals surface area contributed by atoms with Gasteiger partial charge in [0.15, 0.2) is 0 Å². The van der Waals surface area contributed by atoms with Crippen molar-refractivity contribution in [3.05, 3.63) is 23.2 Å². The highest BCUT2D eigenvalue weighted by Gasteiger charge is 2.46. The molecule has 98 valence electrons. The third-order valence-corrected chi connectivity index (χ3v) is 3.13. The molecule has 4 nitrogen and oxygen atoms in total. The van der Waals surface area contributed by atoms with Crippen molar-refractivity contribution in [1.82, 2.24) is 0 Å². The minimum atomic E-state index is -0.704. The average molecular weight is 269 g/mol. The Morgan fingerprint density at radius 1 is 1.56 bits per heavy atom. The van der Waals surface area contributed by atoms with Gasteiger partial charge >= 0.3 is 0 Å². The fourth-order valence-electron chi connectivity index (χ4n) is 1.55. The van der Waals surface area contributed by atoms with E-state index in [-0.39, 0.29) is 5.91 Å². The Morgan fingerprint density at radius 3 is 2.89 bits per heavy atom. The van der Waals surface area contributed by atoms with Gasteiger partial charge in [-0.15, -0.1) is 0 Å². The Morgan fingerprint density at radius 2 is 2.28 bits per heavy atom. The highest BCUT2D eigenvalue weighted by Crippen LogP contribution is 2.35. The SMILES string of the molecule is CCCOc1ccc(Cl)cc1NC(=O)C1(N)CC1. The molecule has 1 amide bonds. The molecule has 0 unspecified atom stereocenters. The lowest BCUT2D eigenvalue weighted by molar-refractivity contribution is -0.118. The monoisotopic (exact) mass is 268 g/mol. The first-order chi connectivity index (χ1) is 8.55. The summed E-state index contributed by atoms with van der Waals surface area (Å²) in [5.74, 6) is 0.449. The van der Waals surface area contributed by atoms with E-state index in [1.807, 2.05) is 6.92 Å². The molecule has 0 heterocycles. The van der Waals surface area contributed by atoms with Crippen LogP contribution in [-0.2, 0) is 4.79 Å². The summed E-state index contributed by atoms with van der Waals surface area (Å²) < 4.78 is 5.56. The zero-order valence-corrected chi connectivity index (χ0v) is 11.1. The van der Waals surface area contributed by atoms with Crippen molar-refractivity contribution in [1.29, 1.82) is 0 Å². The van der Waals surface area contributed by atoms with E-state index in [2.05, 4.69) is 5.32 Å². The summed E-state index contributed by atoms with van der Waals surface area (Å²) >= 11 is 5.93. The van der Waals surface area contributed by atoms with Crippen molar-refractivity contribution in [2.24, 2.45) is 5.73 Å². The van der Waals surface area contributed by atoms with Crippen molar-refractivity contribution in [2.45, 2.75) is 31.7 Å². The summed E-state index contributed by atoms with van der Waals surface area (Å²) in [6, 6.07) is 5.16. The summed E-state index contributed by atoms with van der Waals surface area (Å²) in [7, 11) is 0. The number of halogens is 1. The number of nitrogens with two attached hydrogens (primary N) is 1. The predicted molar refractivity (Wildman–Crippen MR) is 72.0 cm³/mol. The van der Waals surface area contributed by atoms with E-state index in [0.717, 1.165) is 19.3 Å². The molecule has 18 heavy (non-hydrogen) atoms. The standard InChI is InChI=1S/C13H17ClN2O2/c1-2-7-18-11-4-3-9(14)8-10(11)16-12(17)13(15)5-6-13/h3-4,8H,2,5-7,15H2,1H3,(H,16,17). The fraction of sp³-hybridized carbons (Fsp3) is 0.462. The normalized spacial score (nSPS) is 16.2. The summed E-state index contributed by atoms with van der Waals surface area (Å²) in [4.78, 5) is 11.9. The number of carbonyl (C=O) groups is 1. The van der Waals surface area contributed by atoms with Crippen LogP contribution < -0.4 is 15.8 Å². The quantitative estimate of drug-likeness (QED) is 0.863. The van der Waals surface area contributed by atoms with Gasteiger partial charge in [-0.1, -0.05) is 18.5 Å². The third kappa shape index (κ3) is 2.94. The summed E-state index contributed by atoms with van der Waals surface area (Å²) in [5, 5.41) is 3.34. The molecule has 1 aromatic rings. The van der Waals surface area contributed by atoms with Crippen molar-refractivity contribution in [3.63, 3.8) is 0 Å². The van der Waals surface area contributed by atoms with Crippen molar-refractivity contribution in [3.8, 4) is 5.75 Å². The molecular weight excluding hydrogens is 252 g/mol. The van der Waals surface area contributed by atoms with Gasteiger partial charge in [-0.3, -0.25) is 4.79 Å². The van der Waals surface area contributed by atoms with Crippen LogP contribution in [0, 0.1) is 0 Å². The highest BCUT2D eigenvalue weighted by atomic mass is 35.5. The molecule has 0 atom stereocenters. The Labute approximate surface area is 111 Å². The number of amides is 1. The molecule has 0 spiro atoms. The number of carbonyl (C=O) groups excluding carboxylic acids is 1. The lowest BCUT2D eigenvalue weighted by Crippen LogP contribution is -2.37. The molecule has 1 aliphatic rings. The number of ether oxygens (including phenoxy) is 1. The molecule has 1 aromatic carbocycles. The van der Waals surface area contributed by atoms with Gasteiger partial charge in [0.2, 0.25) is 5.91 Å². The molecule has 0 bridgehead atoms. The van der Waals surface area contributed by atoms with Crippen LogP contribution in [0.2, 0.25) is 5.02 Å². The maximum absolute atomic E-state index is 11.9. The smallest absolute Gasteiger partial charge is 0.244 e. The van der Waals surface area contributed by atoms with Crippen LogP contribution in [0.4, 0.5) is 5.69 Å². The van der Waals surface area contributed by atoms with Gasteiger partial charge in [0.05, 0.1) is 17.8 Å². The first-order valence-corrected chi connectivity index (χ1v) is 6.45. The number of hydrogen-bond acceptors (Lipinski definition) is 3. The van der Waals surface area contributed by atoms with Gasteiger partial charge in [0, 0.05) is 5.02 Å². The van der Waals surface area contributed by atoms with Crippen LogP contribution in [0.25, 0.3) is 0 Å². The first kappa shape index (κ1) is 13.2. The van der Waals surface area contributed by atoms with Gasteiger partial charge in [-0.05, 0) is 37.5 Å². The topological polar surface area (TPSA) is 64.3 Å². The van der Waals surface area contributed by atoms with Crippen LogP contribution in [-0.4, -0.2) is 18.1 Å². The minimum absolute atomic E-state index is 0.175. The summed E-state index contributed by atoms with van der Waals surface area (Å²) in [6.45, 7) is 2.62. The van der Waals surface area contributed by atoms with Gasteiger partial charge in [-0.25, -0.2) is 0 Å². The summed E-state index contributed by atoms with van der Waals surface area (Å²) in [6.07, 6.45) is 2.35. The van der Waals surface area contributed by atoms with Gasteiger partial charge in [0.1, 0.15) is 5.75 Å². The Kier molecular flexibility index (Phi) is 3.78. The average Bonchev–Trinajstić information content (AvgIpc) is 3.08. The molecular formula is C13H17ClN2O2. The molecule has 1 fully saturated rings. The molecule has 1 saturated carbocycles. The number of nitrogens with one attached hydrogen (secondary N) is 1. The van der Waals surface area contributed by atoms with E-state index in [9.17, 15) is 4.79 Å². The van der Waals surface area contributed by atoms with Crippen molar-refractivity contribution >= 4 is 23.2 Å². The molecule has 1 aliphatic carbocycles. The Hall–Kier alpha value is -1.26. The lowest BCUT2D eigenvalue weighted by atomic mass is 10.2. The number of hydrogen-bond donors (Lipinski definition) is 2. The molecule has 0 radical (unpaired) electrons. The largest absolute Gasteiger partial charge is 0.491 e. The predicted octanol–water partition coefficient (Wildman–Crippen LogP) is 2.56. The number of anilines is 1. The number of rotatable bonds is 5. The highest BCUT2D eigenvalue weighted by molar-refractivity contribution is 6.31. The first-order valence-electron chi connectivity index (χ1n) is 6.08. The van der Waals surface area contributed by atoms with E-state index < -0.39 is 5.54 Å². The minimum Gasteiger partial charge on any atom is -0.491 e. The van der Waals surface area contributed by atoms with Gasteiger partial charge in [0.25, 0.3) is 0 Å². The molecule has 2 rings (SSSR count). The van der Waals surface area contributed by atoms with Crippen LogP contribution in [0.15, 0.2) is 18.2 Å². The summed E-state index contributed by atoms with van der Waals surface area (Å²) in [5.41, 5.74) is 5.72. The van der Waals surface area contributed by atoms with Crippen molar-refractivity contribution < 1.29 is 9.53 Å². The Balaban J connectivity index is 2.14. The molecule has 5 heteroatoms. The van der Waals surface area contributed by atoms with Crippen LogP contribution in [0.1, 0.15) is 26.2 Å². The second-order valence-corrected chi connectivity index (χ2v) is 5.04. The van der Waals surface area contributed by atoms with E-state index in [1.165, 1.54) is 0 Å². The van der Waals surface area contributed by atoms with E-state index in [4.69, 9.17) is 22.1 Å². The molecule has 0 saturated heterocycles. The molecule has 0 aliphatic heterocycles. The van der Waals surface area contributed by atoms with Crippen LogP contribution in [0.5, 0.6) is 5.75 Å². The van der Waals surface area contributed by atoms with Crippen molar-refractivity contribution in [2.75, 3.05) is 11.9 Å². The van der Waals surface area contributed by atoms with E-state index >= 15 is 0 Å².